The Bertz CT molecular complexity index is 374. The van der Waals surface area contributed by atoms with Gasteiger partial charge in [0.15, 0.2) is 9.84 Å². The lowest BCUT2D eigenvalue weighted by Gasteiger charge is -2.38. The van der Waals surface area contributed by atoms with Gasteiger partial charge in [-0.1, -0.05) is 13.8 Å². The van der Waals surface area contributed by atoms with Crippen molar-refractivity contribution in [3.8, 4) is 0 Å². The number of hydrogen-bond donors (Lipinski definition) is 2. The van der Waals surface area contributed by atoms with E-state index in [-0.39, 0.29) is 34.5 Å². The molecule has 5 heteroatoms. The topological polar surface area (TPSA) is 74.6 Å². The number of hydrogen-bond acceptors (Lipinski definition) is 4. The summed E-state index contributed by atoms with van der Waals surface area (Å²) < 4.78 is 25.6. The highest BCUT2D eigenvalue weighted by atomic mass is 32.2. The van der Waals surface area contributed by atoms with Gasteiger partial charge in [0.05, 0.1) is 22.7 Å². The van der Waals surface area contributed by atoms with E-state index in [9.17, 15) is 18.6 Å². The molecular formula is C14H26O4S. The van der Waals surface area contributed by atoms with E-state index in [1.165, 1.54) is 0 Å². The third-order valence-corrected chi connectivity index (χ3v) is 8.06. The highest BCUT2D eigenvalue weighted by molar-refractivity contribution is 7.92. The monoisotopic (exact) mass is 290 g/mol. The van der Waals surface area contributed by atoms with Crippen LogP contribution in [0.15, 0.2) is 0 Å². The summed E-state index contributed by atoms with van der Waals surface area (Å²) >= 11 is 0. The second-order valence-electron chi connectivity index (χ2n) is 6.55. The van der Waals surface area contributed by atoms with Gasteiger partial charge in [0, 0.05) is 0 Å². The molecule has 4 nitrogen and oxygen atoms in total. The molecular weight excluding hydrogens is 264 g/mol. The van der Waals surface area contributed by atoms with Gasteiger partial charge in [0.25, 0.3) is 0 Å². The smallest absolute Gasteiger partial charge is 0.156 e. The fourth-order valence-electron chi connectivity index (χ4n) is 3.88. The van der Waals surface area contributed by atoms with Gasteiger partial charge in [-0.15, -0.1) is 0 Å². The molecule has 2 N–H and O–H groups in total. The second-order valence-corrected chi connectivity index (χ2v) is 8.94. The molecule has 2 saturated carbocycles. The first-order valence-corrected chi connectivity index (χ1v) is 9.02. The van der Waals surface area contributed by atoms with Crippen molar-refractivity contribution in [1.82, 2.24) is 0 Å². The van der Waals surface area contributed by atoms with Gasteiger partial charge < -0.3 is 10.2 Å². The minimum absolute atomic E-state index is 0.0350. The summed E-state index contributed by atoms with van der Waals surface area (Å²) in [6, 6.07) is 0. The molecule has 2 fully saturated rings. The van der Waals surface area contributed by atoms with Gasteiger partial charge in [-0.25, -0.2) is 8.42 Å². The van der Waals surface area contributed by atoms with E-state index in [1.807, 2.05) is 13.8 Å². The average Bonchev–Trinajstić information content (AvgIpc) is 2.27. The van der Waals surface area contributed by atoms with E-state index >= 15 is 0 Å². The predicted octanol–water partition coefficient (Wildman–Crippen LogP) is 1.50. The quantitative estimate of drug-likeness (QED) is 0.808. The molecule has 6 unspecified atom stereocenters. The van der Waals surface area contributed by atoms with Crippen LogP contribution in [0.3, 0.4) is 0 Å². The van der Waals surface area contributed by atoms with Crippen molar-refractivity contribution in [1.29, 1.82) is 0 Å². The molecule has 0 radical (unpaired) electrons. The maximum atomic E-state index is 12.8. The van der Waals surface area contributed by atoms with Crippen LogP contribution in [0, 0.1) is 11.8 Å². The first kappa shape index (κ1) is 15.3. The van der Waals surface area contributed by atoms with Gasteiger partial charge in [-0.05, 0) is 50.4 Å². The minimum Gasteiger partial charge on any atom is -0.393 e. The second kappa shape index (κ2) is 5.70. The summed E-state index contributed by atoms with van der Waals surface area (Å²) in [6.45, 7) is 3.87. The highest BCUT2D eigenvalue weighted by Crippen LogP contribution is 2.37. The molecule has 0 heterocycles. The van der Waals surface area contributed by atoms with Gasteiger partial charge >= 0.3 is 0 Å². The first-order valence-electron chi connectivity index (χ1n) is 7.41. The Balaban J connectivity index is 2.13. The van der Waals surface area contributed by atoms with Crippen molar-refractivity contribution in [2.24, 2.45) is 11.8 Å². The van der Waals surface area contributed by atoms with Crippen molar-refractivity contribution in [3.05, 3.63) is 0 Å². The summed E-state index contributed by atoms with van der Waals surface area (Å²) in [5.74, 6) is 0.0700. The van der Waals surface area contributed by atoms with Crippen LogP contribution in [-0.4, -0.2) is 41.3 Å². The Morgan fingerprint density at radius 1 is 0.789 bits per heavy atom. The van der Waals surface area contributed by atoms with Gasteiger partial charge in [0.1, 0.15) is 0 Å². The summed E-state index contributed by atoms with van der Waals surface area (Å²) in [6.07, 6.45) is 2.85. The summed E-state index contributed by atoms with van der Waals surface area (Å²) in [4.78, 5) is 0. The molecule has 0 aromatic heterocycles. The largest absolute Gasteiger partial charge is 0.393 e. The normalized spacial score (nSPS) is 45.1. The predicted molar refractivity (Wildman–Crippen MR) is 74.5 cm³/mol. The van der Waals surface area contributed by atoms with Crippen LogP contribution in [0.2, 0.25) is 0 Å². The fraction of sp³-hybridized carbons (Fsp3) is 1.00. The molecule has 2 aliphatic rings. The molecule has 0 saturated heterocycles. The van der Waals surface area contributed by atoms with Crippen LogP contribution in [0.1, 0.15) is 52.4 Å². The zero-order valence-corrected chi connectivity index (χ0v) is 12.6. The number of aliphatic hydroxyl groups is 2. The molecule has 0 aliphatic heterocycles. The van der Waals surface area contributed by atoms with E-state index in [0.29, 0.717) is 38.5 Å². The number of aliphatic hydroxyl groups excluding tert-OH is 2. The van der Waals surface area contributed by atoms with Crippen molar-refractivity contribution in [2.45, 2.75) is 75.1 Å². The van der Waals surface area contributed by atoms with Crippen molar-refractivity contribution < 1.29 is 18.6 Å². The maximum absolute atomic E-state index is 12.8. The third kappa shape index (κ3) is 3.14. The van der Waals surface area contributed by atoms with Gasteiger partial charge in [0.2, 0.25) is 0 Å². The van der Waals surface area contributed by atoms with E-state index < -0.39 is 9.84 Å². The molecule has 0 spiro atoms. The van der Waals surface area contributed by atoms with Crippen LogP contribution in [-0.2, 0) is 9.84 Å². The number of rotatable bonds is 2. The maximum Gasteiger partial charge on any atom is 0.156 e. The molecule has 0 aromatic rings. The van der Waals surface area contributed by atoms with E-state index in [4.69, 9.17) is 0 Å². The lowest BCUT2D eigenvalue weighted by atomic mass is 9.87. The lowest BCUT2D eigenvalue weighted by molar-refractivity contribution is 0.102. The van der Waals surface area contributed by atoms with E-state index in [0.717, 1.165) is 0 Å². The molecule has 6 atom stereocenters. The standard InChI is InChI=1S/C14H26O4S/c1-9-7-11(15)3-5-13(9)19(17,18)14-6-4-12(16)8-10(14)2/h9-16H,3-8H2,1-2H3. The zero-order valence-electron chi connectivity index (χ0n) is 11.8. The van der Waals surface area contributed by atoms with Crippen LogP contribution < -0.4 is 0 Å². The lowest BCUT2D eigenvalue weighted by Crippen LogP contribution is -2.45. The molecule has 2 aliphatic carbocycles. The van der Waals surface area contributed by atoms with E-state index in [1.54, 1.807) is 0 Å². The van der Waals surface area contributed by atoms with Gasteiger partial charge in [-0.3, -0.25) is 0 Å². The average molecular weight is 290 g/mol. The highest BCUT2D eigenvalue weighted by Gasteiger charge is 2.43. The molecule has 0 aromatic carbocycles. The SMILES string of the molecule is CC1CC(O)CCC1S(=O)(=O)C1CCC(O)CC1C. The molecule has 112 valence electrons. The Hall–Kier alpha value is -0.130. The number of sulfone groups is 1. The van der Waals surface area contributed by atoms with Crippen molar-refractivity contribution >= 4 is 9.84 Å². The summed E-state index contributed by atoms with van der Waals surface area (Å²) in [5, 5.41) is 18.7. The Morgan fingerprint density at radius 2 is 1.16 bits per heavy atom. The van der Waals surface area contributed by atoms with Gasteiger partial charge in [-0.2, -0.15) is 0 Å². The van der Waals surface area contributed by atoms with Crippen molar-refractivity contribution in [3.63, 3.8) is 0 Å². The zero-order chi connectivity index (χ0) is 14.2. The molecule has 0 bridgehead atoms. The van der Waals surface area contributed by atoms with Crippen LogP contribution >= 0.6 is 0 Å². The summed E-state index contributed by atoms with van der Waals surface area (Å²) in [5.41, 5.74) is 0. The molecule has 2 rings (SSSR count). The van der Waals surface area contributed by atoms with Crippen LogP contribution in [0.25, 0.3) is 0 Å². The molecule has 0 amide bonds. The fourth-order valence-corrected chi connectivity index (χ4v) is 6.78. The Labute approximate surface area is 116 Å². The Morgan fingerprint density at radius 3 is 1.47 bits per heavy atom. The van der Waals surface area contributed by atoms with E-state index in [2.05, 4.69) is 0 Å². The third-order valence-electron chi connectivity index (χ3n) is 4.97. The van der Waals surface area contributed by atoms with Crippen LogP contribution in [0.4, 0.5) is 0 Å². The van der Waals surface area contributed by atoms with Crippen molar-refractivity contribution in [2.75, 3.05) is 0 Å². The molecule has 19 heavy (non-hydrogen) atoms. The summed E-state index contributed by atoms with van der Waals surface area (Å²) in [7, 11) is -3.15. The van der Waals surface area contributed by atoms with Crippen LogP contribution in [0.5, 0.6) is 0 Å². The Kier molecular flexibility index (Phi) is 4.58. The first-order chi connectivity index (χ1) is 8.82. The minimum atomic E-state index is -3.15.